The number of hydrogen-bond acceptors (Lipinski definition) is 6. The van der Waals surface area contributed by atoms with Gasteiger partial charge in [0.2, 0.25) is 0 Å². The van der Waals surface area contributed by atoms with Crippen LogP contribution < -0.4 is 9.80 Å². The Morgan fingerprint density at radius 3 is 1.32 bits per heavy atom. The summed E-state index contributed by atoms with van der Waals surface area (Å²) in [7, 11) is 0. The highest BCUT2D eigenvalue weighted by Crippen LogP contribution is 2.59. The first-order valence-corrected chi connectivity index (χ1v) is 24.0. The van der Waals surface area contributed by atoms with Crippen molar-refractivity contribution in [3.05, 3.63) is 192 Å². The molecule has 0 bridgehead atoms. The average Bonchev–Trinajstić information content (AvgIpc) is 3.91. The second-order valence-electron chi connectivity index (χ2n) is 20.9. The molecule has 10 aromatic rings. The summed E-state index contributed by atoms with van der Waals surface area (Å²) in [6.45, 7) is 15.9. The van der Waals surface area contributed by atoms with Gasteiger partial charge in [-0.3, -0.25) is 0 Å². The SMILES string of the molecule is CC(C)(C)c1ccc(N(c2c(C#N)c(C#N)c(N(c3ccc(-c4ccccc4)cc3)c3cccc4c3oc3ccccc34)c3c2C(C)(C)CCCC3(C)C)c2cccc3c2oc2ccccc23)cc1. The second-order valence-corrected chi connectivity index (χ2v) is 20.9. The quantitative estimate of drug-likeness (QED) is 0.148. The first-order valence-electron chi connectivity index (χ1n) is 24.0. The van der Waals surface area contributed by atoms with E-state index in [2.05, 4.69) is 192 Å². The van der Waals surface area contributed by atoms with E-state index in [1.807, 2.05) is 42.5 Å². The topological polar surface area (TPSA) is 80.3 Å². The lowest BCUT2D eigenvalue weighted by atomic mass is 9.71. The molecule has 1 aliphatic rings. The summed E-state index contributed by atoms with van der Waals surface area (Å²) in [5.41, 5.74) is 12.6. The number of rotatable bonds is 7. The van der Waals surface area contributed by atoms with E-state index in [0.29, 0.717) is 33.7 Å². The van der Waals surface area contributed by atoms with Crippen LogP contribution in [0.15, 0.2) is 173 Å². The molecular weight excluding hydrogens is 845 g/mol. The zero-order chi connectivity index (χ0) is 47.8. The van der Waals surface area contributed by atoms with Crippen LogP contribution in [0.5, 0.6) is 0 Å². The first kappa shape index (κ1) is 43.5. The molecule has 1 aliphatic carbocycles. The minimum atomic E-state index is -0.482. The van der Waals surface area contributed by atoms with Crippen molar-refractivity contribution in [2.75, 3.05) is 9.80 Å². The Kier molecular flexibility index (Phi) is 10.3. The van der Waals surface area contributed by atoms with E-state index < -0.39 is 10.8 Å². The Hall–Kier alpha value is -8.06. The smallest absolute Gasteiger partial charge is 0.159 e. The number of para-hydroxylation sites is 4. The number of nitriles is 2. The second kappa shape index (κ2) is 16.3. The maximum atomic E-state index is 12.0. The molecule has 0 radical (unpaired) electrons. The third kappa shape index (κ3) is 7.13. The number of nitrogens with zero attached hydrogens (tertiary/aromatic N) is 4. The van der Waals surface area contributed by atoms with E-state index in [1.54, 1.807) is 0 Å². The molecule has 2 aromatic heterocycles. The first-order chi connectivity index (χ1) is 33.3. The van der Waals surface area contributed by atoms with Gasteiger partial charge in [-0.2, -0.15) is 10.5 Å². The van der Waals surface area contributed by atoms with Crippen LogP contribution in [-0.4, -0.2) is 0 Å². The van der Waals surface area contributed by atoms with Gasteiger partial charge in [0.25, 0.3) is 0 Å². The molecule has 6 nitrogen and oxygen atoms in total. The third-order valence-electron chi connectivity index (χ3n) is 14.5. The van der Waals surface area contributed by atoms with Crippen LogP contribution in [0.25, 0.3) is 55.0 Å². The molecule has 0 fully saturated rings. The van der Waals surface area contributed by atoms with Gasteiger partial charge in [-0.05, 0) is 105 Å². The van der Waals surface area contributed by atoms with Crippen LogP contribution in [0.3, 0.4) is 0 Å². The summed E-state index contributed by atoms with van der Waals surface area (Å²) in [6.07, 6.45) is 2.67. The van der Waals surface area contributed by atoms with Crippen molar-refractivity contribution in [1.82, 2.24) is 0 Å². The fraction of sp³-hybridized carbons (Fsp3) is 0.206. The zero-order valence-corrected chi connectivity index (χ0v) is 40.3. The summed E-state index contributed by atoms with van der Waals surface area (Å²) in [5, 5.41) is 28.0. The lowest BCUT2D eigenvalue weighted by molar-refractivity contribution is 0.434. The molecule has 0 saturated carbocycles. The van der Waals surface area contributed by atoms with E-state index in [-0.39, 0.29) is 5.41 Å². The van der Waals surface area contributed by atoms with Gasteiger partial charge in [0, 0.05) is 32.9 Å². The van der Waals surface area contributed by atoms with Crippen molar-refractivity contribution in [1.29, 1.82) is 10.5 Å². The van der Waals surface area contributed by atoms with Crippen LogP contribution >= 0.6 is 0 Å². The summed E-state index contributed by atoms with van der Waals surface area (Å²) < 4.78 is 13.7. The van der Waals surface area contributed by atoms with Gasteiger partial charge in [0.1, 0.15) is 23.3 Å². The minimum Gasteiger partial charge on any atom is -0.454 e. The lowest BCUT2D eigenvalue weighted by Crippen LogP contribution is -2.30. The summed E-state index contributed by atoms with van der Waals surface area (Å²) in [4.78, 5) is 4.44. The minimum absolute atomic E-state index is 0.0932. The molecule has 0 atom stereocenters. The van der Waals surface area contributed by atoms with Gasteiger partial charge in [0.05, 0.1) is 33.9 Å². The van der Waals surface area contributed by atoms with Gasteiger partial charge < -0.3 is 18.6 Å². The fourth-order valence-electron chi connectivity index (χ4n) is 11.1. The molecule has 0 N–H and O–H groups in total. The van der Waals surface area contributed by atoms with E-state index in [1.165, 1.54) is 5.56 Å². The van der Waals surface area contributed by atoms with E-state index in [4.69, 9.17) is 8.83 Å². The molecule has 69 heavy (non-hydrogen) atoms. The molecule has 338 valence electrons. The fourth-order valence-corrected chi connectivity index (χ4v) is 11.1. The monoisotopic (exact) mass is 898 g/mol. The predicted octanol–water partition coefficient (Wildman–Crippen LogP) is 17.9. The van der Waals surface area contributed by atoms with Crippen LogP contribution in [0.4, 0.5) is 34.1 Å². The Bertz CT molecular complexity index is 3700. The van der Waals surface area contributed by atoms with Gasteiger partial charge in [-0.1, -0.05) is 170 Å². The van der Waals surface area contributed by atoms with Crippen LogP contribution in [-0.2, 0) is 16.2 Å². The van der Waals surface area contributed by atoms with Crippen molar-refractivity contribution in [2.24, 2.45) is 0 Å². The van der Waals surface area contributed by atoms with E-state index >= 15 is 0 Å². The Morgan fingerprint density at radius 2 is 0.870 bits per heavy atom. The molecule has 0 saturated heterocycles. The lowest BCUT2D eigenvalue weighted by Gasteiger charge is -2.41. The van der Waals surface area contributed by atoms with E-state index in [0.717, 1.165) is 97.0 Å². The third-order valence-corrected chi connectivity index (χ3v) is 14.5. The van der Waals surface area contributed by atoms with Crippen molar-refractivity contribution < 1.29 is 8.83 Å². The molecular formula is C63H54N4O2. The maximum absolute atomic E-state index is 12.0. The Labute approximate surface area is 404 Å². The van der Waals surface area contributed by atoms with E-state index in [9.17, 15) is 10.5 Å². The normalized spacial score (nSPS) is 14.3. The van der Waals surface area contributed by atoms with Crippen LogP contribution in [0.2, 0.25) is 0 Å². The van der Waals surface area contributed by atoms with Gasteiger partial charge in [-0.15, -0.1) is 0 Å². The largest absolute Gasteiger partial charge is 0.454 e. The molecule has 8 aromatic carbocycles. The molecule has 0 spiro atoms. The average molecular weight is 899 g/mol. The number of benzene rings is 8. The van der Waals surface area contributed by atoms with Crippen LogP contribution in [0.1, 0.15) is 95.5 Å². The zero-order valence-electron chi connectivity index (χ0n) is 40.3. The predicted molar refractivity (Wildman–Crippen MR) is 284 cm³/mol. The summed E-state index contributed by atoms with van der Waals surface area (Å²) in [5.74, 6) is 0. The van der Waals surface area contributed by atoms with Gasteiger partial charge >= 0.3 is 0 Å². The van der Waals surface area contributed by atoms with Crippen LogP contribution in [0, 0.1) is 22.7 Å². The number of hydrogen-bond donors (Lipinski definition) is 0. The van der Waals surface area contributed by atoms with Crippen molar-refractivity contribution in [3.8, 4) is 23.3 Å². The highest BCUT2D eigenvalue weighted by atomic mass is 16.3. The molecule has 0 aliphatic heterocycles. The molecule has 0 unspecified atom stereocenters. The molecule has 2 heterocycles. The van der Waals surface area contributed by atoms with Gasteiger partial charge in [0.15, 0.2) is 11.2 Å². The standard InChI is InChI=1S/C63H54N4O2/c1-61(2,3)42-30-34-44(35-31-42)67(52-25-16-23-48-46-21-12-14-27-54(46)69-60(48)52)58-50(39-65)49(38-64)57(55-56(58)63(6,7)37-17-36-62(55,4)5)66(43-32-28-41(29-33-43)40-18-9-8-10-19-40)51-24-15-22-47-45-20-11-13-26-53(45)68-59(47)51/h8-16,18-35H,17,36-37H2,1-7H3. The highest BCUT2D eigenvalue weighted by Gasteiger charge is 2.45. The number of anilines is 6. The number of fused-ring (bicyclic) bond motifs is 7. The molecule has 0 amide bonds. The summed E-state index contributed by atoms with van der Waals surface area (Å²) >= 11 is 0. The highest BCUT2D eigenvalue weighted by molar-refractivity contribution is 6.12. The van der Waals surface area contributed by atoms with Gasteiger partial charge in [-0.25, -0.2) is 0 Å². The number of furan rings is 2. The van der Waals surface area contributed by atoms with Crippen molar-refractivity contribution in [2.45, 2.75) is 84.0 Å². The molecule has 6 heteroatoms. The van der Waals surface area contributed by atoms with Crippen molar-refractivity contribution >= 4 is 78.0 Å². The van der Waals surface area contributed by atoms with Crippen molar-refractivity contribution in [3.63, 3.8) is 0 Å². The Balaban J connectivity index is 1.30. The Morgan fingerprint density at radius 1 is 0.464 bits per heavy atom. The maximum Gasteiger partial charge on any atom is 0.159 e. The molecule has 11 rings (SSSR count). The summed E-state index contributed by atoms with van der Waals surface area (Å²) in [6, 6.07) is 61.9.